The zero-order chi connectivity index (χ0) is 9.95. The Morgan fingerprint density at radius 1 is 1.38 bits per heavy atom. The molecule has 0 aromatic heterocycles. The Balaban J connectivity index is 2.29. The normalized spacial score (nSPS) is 20.2. The molecule has 1 aliphatic carbocycles. The second-order valence-electron chi connectivity index (χ2n) is 3.91. The Hall–Kier alpha value is -0.130. The molecule has 1 saturated carbocycles. The molecule has 0 aromatic carbocycles. The molecular formula is C8H17NO3S. The van der Waals surface area contributed by atoms with E-state index < -0.39 is 10.0 Å². The smallest absolute Gasteiger partial charge is 0.212 e. The van der Waals surface area contributed by atoms with Gasteiger partial charge in [0.15, 0.2) is 0 Å². The molecule has 78 valence electrons. The van der Waals surface area contributed by atoms with Crippen LogP contribution in [0.5, 0.6) is 0 Å². The van der Waals surface area contributed by atoms with Crippen molar-refractivity contribution >= 4 is 10.0 Å². The van der Waals surface area contributed by atoms with E-state index in [2.05, 4.69) is 4.72 Å². The van der Waals surface area contributed by atoms with Gasteiger partial charge in [0.1, 0.15) is 0 Å². The zero-order valence-corrected chi connectivity index (χ0v) is 8.73. The van der Waals surface area contributed by atoms with Crippen LogP contribution in [0.3, 0.4) is 0 Å². The predicted octanol–water partition coefficient (Wildman–Crippen LogP) is 0.231. The van der Waals surface area contributed by atoms with E-state index >= 15 is 0 Å². The summed E-state index contributed by atoms with van der Waals surface area (Å²) in [5.74, 6) is 0.128. The average Bonchev–Trinajstić information content (AvgIpc) is 2.66. The molecule has 0 heterocycles. The first-order chi connectivity index (χ1) is 5.97. The van der Waals surface area contributed by atoms with Crippen LogP contribution in [-0.2, 0) is 10.0 Å². The van der Waals surface area contributed by atoms with Crippen molar-refractivity contribution in [3.05, 3.63) is 0 Å². The van der Waals surface area contributed by atoms with E-state index in [4.69, 9.17) is 5.11 Å². The third-order valence-electron chi connectivity index (χ3n) is 2.22. The van der Waals surface area contributed by atoms with Gasteiger partial charge in [0.2, 0.25) is 10.0 Å². The molecule has 0 amide bonds. The molecule has 5 heteroatoms. The van der Waals surface area contributed by atoms with Gasteiger partial charge in [-0.25, -0.2) is 13.1 Å². The minimum Gasteiger partial charge on any atom is -0.396 e. The second kappa shape index (κ2) is 3.94. The van der Waals surface area contributed by atoms with Crippen LogP contribution >= 0.6 is 0 Å². The molecule has 0 atom stereocenters. The number of hydrogen-bond acceptors (Lipinski definition) is 3. The maximum absolute atomic E-state index is 11.4. The summed E-state index contributed by atoms with van der Waals surface area (Å²) in [7, 11) is -3.11. The van der Waals surface area contributed by atoms with E-state index in [1.54, 1.807) is 0 Å². The molecule has 0 aromatic rings. The van der Waals surface area contributed by atoms with Crippen LogP contribution in [0.25, 0.3) is 0 Å². The molecule has 1 fully saturated rings. The van der Waals surface area contributed by atoms with Gasteiger partial charge in [-0.15, -0.1) is 0 Å². The van der Waals surface area contributed by atoms with Gasteiger partial charge in [0, 0.05) is 12.1 Å². The molecule has 0 spiro atoms. The highest BCUT2D eigenvalue weighted by atomic mass is 32.2. The lowest BCUT2D eigenvalue weighted by Gasteiger charge is -2.11. The Morgan fingerprint density at radius 2 is 2.00 bits per heavy atom. The fourth-order valence-corrected chi connectivity index (χ4v) is 2.76. The number of hydrogen-bond donors (Lipinski definition) is 2. The predicted molar refractivity (Wildman–Crippen MR) is 50.9 cm³/mol. The van der Waals surface area contributed by atoms with Crippen LogP contribution < -0.4 is 4.72 Å². The molecule has 0 aliphatic heterocycles. The third-order valence-corrected chi connectivity index (χ3v) is 3.85. The van der Waals surface area contributed by atoms with Crippen molar-refractivity contribution in [2.24, 2.45) is 0 Å². The lowest BCUT2D eigenvalue weighted by Crippen LogP contribution is -2.35. The SMILES string of the molecule is CC1(NS(=O)(=O)CCCCO)CC1. The van der Waals surface area contributed by atoms with Crippen LogP contribution in [0, 0.1) is 0 Å². The fourth-order valence-electron chi connectivity index (χ4n) is 1.12. The van der Waals surface area contributed by atoms with Crippen LogP contribution in [0.4, 0.5) is 0 Å². The van der Waals surface area contributed by atoms with Gasteiger partial charge in [-0.2, -0.15) is 0 Å². The van der Waals surface area contributed by atoms with Gasteiger partial charge in [0.05, 0.1) is 5.75 Å². The minimum atomic E-state index is -3.11. The van der Waals surface area contributed by atoms with E-state index in [1.165, 1.54) is 0 Å². The summed E-state index contributed by atoms with van der Waals surface area (Å²) in [5.41, 5.74) is -0.169. The molecule has 0 saturated heterocycles. The highest BCUT2D eigenvalue weighted by Crippen LogP contribution is 2.35. The molecule has 1 aliphatic rings. The number of unbranched alkanes of at least 4 members (excludes halogenated alkanes) is 1. The van der Waals surface area contributed by atoms with E-state index in [0.717, 1.165) is 12.8 Å². The van der Waals surface area contributed by atoms with E-state index in [-0.39, 0.29) is 17.9 Å². The highest BCUT2D eigenvalue weighted by molar-refractivity contribution is 7.89. The van der Waals surface area contributed by atoms with Crippen molar-refractivity contribution in [1.82, 2.24) is 4.72 Å². The maximum Gasteiger partial charge on any atom is 0.212 e. The van der Waals surface area contributed by atoms with E-state index in [9.17, 15) is 8.42 Å². The topological polar surface area (TPSA) is 66.4 Å². The summed E-state index contributed by atoms with van der Waals surface area (Å²) in [4.78, 5) is 0. The quantitative estimate of drug-likeness (QED) is 0.613. The van der Waals surface area contributed by atoms with Crippen molar-refractivity contribution in [3.63, 3.8) is 0 Å². The molecule has 0 bridgehead atoms. The number of nitrogens with one attached hydrogen (secondary N) is 1. The molecule has 13 heavy (non-hydrogen) atoms. The molecule has 0 radical (unpaired) electrons. The zero-order valence-electron chi connectivity index (χ0n) is 7.91. The van der Waals surface area contributed by atoms with Gasteiger partial charge >= 0.3 is 0 Å². The summed E-state index contributed by atoms with van der Waals surface area (Å²) >= 11 is 0. The maximum atomic E-state index is 11.4. The number of aliphatic hydroxyl groups excluding tert-OH is 1. The van der Waals surface area contributed by atoms with Crippen molar-refractivity contribution in [1.29, 1.82) is 0 Å². The first-order valence-electron chi connectivity index (χ1n) is 4.60. The Morgan fingerprint density at radius 3 is 2.46 bits per heavy atom. The van der Waals surface area contributed by atoms with Gasteiger partial charge in [-0.3, -0.25) is 0 Å². The summed E-state index contributed by atoms with van der Waals surface area (Å²) in [6.45, 7) is 1.98. The average molecular weight is 207 g/mol. The number of sulfonamides is 1. The first-order valence-corrected chi connectivity index (χ1v) is 6.25. The van der Waals surface area contributed by atoms with Gasteiger partial charge in [0.25, 0.3) is 0 Å². The highest BCUT2D eigenvalue weighted by Gasteiger charge is 2.40. The summed E-state index contributed by atoms with van der Waals surface area (Å²) < 4.78 is 25.4. The van der Waals surface area contributed by atoms with Crippen molar-refractivity contribution in [2.75, 3.05) is 12.4 Å². The van der Waals surface area contributed by atoms with Crippen molar-refractivity contribution in [3.8, 4) is 0 Å². The lowest BCUT2D eigenvalue weighted by atomic mass is 10.4. The van der Waals surface area contributed by atoms with Gasteiger partial charge < -0.3 is 5.11 Å². The largest absolute Gasteiger partial charge is 0.396 e. The van der Waals surface area contributed by atoms with E-state index in [0.29, 0.717) is 12.8 Å². The van der Waals surface area contributed by atoms with Gasteiger partial charge in [-0.05, 0) is 32.6 Å². The molecule has 4 nitrogen and oxygen atoms in total. The van der Waals surface area contributed by atoms with Crippen molar-refractivity contribution < 1.29 is 13.5 Å². The molecule has 0 unspecified atom stereocenters. The fraction of sp³-hybridized carbons (Fsp3) is 1.00. The number of aliphatic hydroxyl groups is 1. The Bertz CT molecular complexity index is 257. The van der Waals surface area contributed by atoms with Crippen LogP contribution in [-0.4, -0.2) is 31.4 Å². The van der Waals surface area contributed by atoms with Crippen molar-refractivity contribution in [2.45, 2.75) is 38.1 Å². The molecular weight excluding hydrogens is 190 g/mol. The Labute approximate surface area is 79.4 Å². The lowest BCUT2D eigenvalue weighted by molar-refractivity contribution is 0.287. The van der Waals surface area contributed by atoms with Crippen LogP contribution in [0.2, 0.25) is 0 Å². The minimum absolute atomic E-state index is 0.0623. The summed E-state index contributed by atoms with van der Waals surface area (Å²) in [6, 6.07) is 0. The molecule has 1 rings (SSSR count). The molecule has 2 N–H and O–H groups in total. The monoisotopic (exact) mass is 207 g/mol. The van der Waals surface area contributed by atoms with Crippen LogP contribution in [0.15, 0.2) is 0 Å². The second-order valence-corrected chi connectivity index (χ2v) is 5.75. The standard InChI is InChI=1S/C8H17NO3S/c1-8(4-5-8)9-13(11,12)7-3-2-6-10/h9-10H,2-7H2,1H3. The first kappa shape index (κ1) is 10.9. The number of rotatable bonds is 6. The van der Waals surface area contributed by atoms with Gasteiger partial charge in [-0.1, -0.05) is 0 Å². The summed E-state index contributed by atoms with van der Waals surface area (Å²) in [6.07, 6.45) is 2.96. The Kier molecular flexibility index (Phi) is 3.32. The van der Waals surface area contributed by atoms with E-state index in [1.807, 2.05) is 6.92 Å². The van der Waals surface area contributed by atoms with Crippen LogP contribution in [0.1, 0.15) is 32.6 Å². The third kappa shape index (κ3) is 4.06. The summed E-state index contributed by atoms with van der Waals surface area (Å²) in [5, 5.41) is 8.49.